The Morgan fingerprint density at radius 3 is 2.90 bits per heavy atom. The standard InChI is InChI=1S/C12H8ClFN2O3S/c1-19-12-15-5-8(13)10(16-12)20-6-2-3-9(14)7(4-6)11(17)18/h2-5H,1H3,(H,17,18). The number of rotatable bonds is 4. The van der Waals surface area contributed by atoms with E-state index in [1.807, 2.05) is 0 Å². The zero-order valence-corrected chi connectivity index (χ0v) is 11.7. The summed E-state index contributed by atoms with van der Waals surface area (Å²) < 4.78 is 18.2. The van der Waals surface area contributed by atoms with Crippen molar-refractivity contribution in [3.8, 4) is 6.01 Å². The molecule has 0 radical (unpaired) electrons. The van der Waals surface area contributed by atoms with Crippen LogP contribution in [0.25, 0.3) is 0 Å². The van der Waals surface area contributed by atoms with E-state index in [9.17, 15) is 9.18 Å². The van der Waals surface area contributed by atoms with Crippen LogP contribution >= 0.6 is 23.4 Å². The number of methoxy groups -OCH3 is 1. The first kappa shape index (κ1) is 14.5. The molecule has 1 aromatic heterocycles. The highest BCUT2D eigenvalue weighted by Crippen LogP contribution is 2.33. The topological polar surface area (TPSA) is 72.3 Å². The molecule has 104 valence electrons. The molecular formula is C12H8ClFN2O3S. The summed E-state index contributed by atoms with van der Waals surface area (Å²) in [6.45, 7) is 0. The SMILES string of the molecule is COc1ncc(Cl)c(Sc2ccc(F)c(C(=O)O)c2)n1. The number of aromatic nitrogens is 2. The maximum absolute atomic E-state index is 13.3. The van der Waals surface area contributed by atoms with Gasteiger partial charge in [0.2, 0.25) is 0 Å². The van der Waals surface area contributed by atoms with Crippen molar-refractivity contribution in [2.24, 2.45) is 0 Å². The minimum absolute atomic E-state index is 0.137. The number of ether oxygens (including phenoxy) is 1. The Kier molecular flexibility index (Phi) is 4.41. The summed E-state index contributed by atoms with van der Waals surface area (Å²) in [4.78, 5) is 19.2. The lowest BCUT2D eigenvalue weighted by molar-refractivity contribution is 0.0691. The Balaban J connectivity index is 2.35. The van der Waals surface area contributed by atoms with Crippen molar-refractivity contribution in [3.05, 3.63) is 40.8 Å². The molecule has 1 aromatic carbocycles. The zero-order chi connectivity index (χ0) is 14.7. The first-order valence-electron chi connectivity index (χ1n) is 5.28. The van der Waals surface area contributed by atoms with Gasteiger partial charge in [0.25, 0.3) is 0 Å². The zero-order valence-electron chi connectivity index (χ0n) is 10.1. The second-order valence-corrected chi connectivity index (χ2v) is 5.03. The fourth-order valence-electron chi connectivity index (χ4n) is 1.35. The molecule has 0 saturated heterocycles. The van der Waals surface area contributed by atoms with E-state index in [2.05, 4.69) is 9.97 Å². The number of hydrogen-bond donors (Lipinski definition) is 1. The first-order valence-corrected chi connectivity index (χ1v) is 6.48. The Labute approximate surface area is 122 Å². The molecule has 0 spiro atoms. The van der Waals surface area contributed by atoms with Crippen molar-refractivity contribution in [1.82, 2.24) is 9.97 Å². The van der Waals surface area contributed by atoms with Gasteiger partial charge in [-0.05, 0) is 18.2 Å². The van der Waals surface area contributed by atoms with Crippen LogP contribution in [0.2, 0.25) is 5.02 Å². The van der Waals surface area contributed by atoms with Crippen molar-refractivity contribution >= 4 is 29.3 Å². The minimum atomic E-state index is -1.34. The Morgan fingerprint density at radius 1 is 1.50 bits per heavy atom. The average molecular weight is 315 g/mol. The number of aromatic carboxylic acids is 1. The van der Waals surface area contributed by atoms with Crippen LogP contribution in [0.4, 0.5) is 4.39 Å². The lowest BCUT2D eigenvalue weighted by atomic mass is 10.2. The van der Waals surface area contributed by atoms with E-state index in [-0.39, 0.29) is 11.0 Å². The van der Waals surface area contributed by atoms with Crippen LogP contribution in [0.3, 0.4) is 0 Å². The van der Waals surface area contributed by atoms with Crippen molar-refractivity contribution in [2.75, 3.05) is 7.11 Å². The van der Waals surface area contributed by atoms with Crippen LogP contribution in [0.15, 0.2) is 34.3 Å². The summed E-state index contributed by atoms with van der Waals surface area (Å²) >= 11 is 7.04. The van der Waals surface area contributed by atoms with Crippen molar-refractivity contribution in [1.29, 1.82) is 0 Å². The number of carboxylic acids is 1. The number of carbonyl (C=O) groups is 1. The fourth-order valence-corrected chi connectivity index (χ4v) is 2.37. The maximum atomic E-state index is 13.3. The highest BCUT2D eigenvalue weighted by atomic mass is 35.5. The monoisotopic (exact) mass is 314 g/mol. The molecule has 1 heterocycles. The third kappa shape index (κ3) is 3.17. The number of nitrogens with zero attached hydrogens (tertiary/aromatic N) is 2. The van der Waals surface area contributed by atoms with Gasteiger partial charge in [0, 0.05) is 4.90 Å². The van der Waals surface area contributed by atoms with E-state index in [0.717, 1.165) is 17.8 Å². The summed E-state index contributed by atoms with van der Waals surface area (Å²) in [7, 11) is 1.41. The molecule has 0 aliphatic heterocycles. The Hall–Kier alpha value is -1.86. The second kappa shape index (κ2) is 6.06. The lowest BCUT2D eigenvalue weighted by Crippen LogP contribution is -2.00. The van der Waals surface area contributed by atoms with Gasteiger partial charge < -0.3 is 9.84 Å². The molecule has 2 rings (SSSR count). The van der Waals surface area contributed by atoms with Gasteiger partial charge in [-0.2, -0.15) is 4.98 Å². The smallest absolute Gasteiger partial charge is 0.338 e. The normalized spacial score (nSPS) is 10.3. The van der Waals surface area contributed by atoms with Gasteiger partial charge in [-0.1, -0.05) is 23.4 Å². The van der Waals surface area contributed by atoms with E-state index >= 15 is 0 Å². The maximum Gasteiger partial charge on any atom is 0.338 e. The van der Waals surface area contributed by atoms with Gasteiger partial charge in [0.15, 0.2) is 0 Å². The molecule has 2 aromatic rings. The molecule has 0 aliphatic rings. The van der Waals surface area contributed by atoms with Crippen LogP contribution < -0.4 is 4.74 Å². The van der Waals surface area contributed by atoms with E-state index in [4.69, 9.17) is 21.4 Å². The lowest BCUT2D eigenvalue weighted by Gasteiger charge is -2.06. The van der Waals surface area contributed by atoms with Gasteiger partial charge in [-0.15, -0.1) is 0 Å². The van der Waals surface area contributed by atoms with E-state index in [1.54, 1.807) is 0 Å². The summed E-state index contributed by atoms with van der Waals surface area (Å²) in [5.74, 6) is -2.13. The predicted octanol–water partition coefficient (Wildman–Crippen LogP) is 3.13. The van der Waals surface area contributed by atoms with Crippen molar-refractivity contribution in [3.63, 3.8) is 0 Å². The van der Waals surface area contributed by atoms with Gasteiger partial charge in [0.1, 0.15) is 10.8 Å². The van der Waals surface area contributed by atoms with Crippen LogP contribution in [0, 0.1) is 5.82 Å². The highest BCUT2D eigenvalue weighted by molar-refractivity contribution is 7.99. The quantitative estimate of drug-likeness (QED) is 0.874. The molecule has 0 amide bonds. The third-order valence-electron chi connectivity index (χ3n) is 2.26. The Bertz CT molecular complexity index is 669. The fraction of sp³-hybridized carbons (Fsp3) is 0.0833. The average Bonchev–Trinajstić information content (AvgIpc) is 2.43. The van der Waals surface area contributed by atoms with Gasteiger partial charge >= 0.3 is 12.0 Å². The number of carboxylic acid groups (broad SMARTS) is 1. The molecule has 20 heavy (non-hydrogen) atoms. The minimum Gasteiger partial charge on any atom is -0.478 e. The Morgan fingerprint density at radius 2 is 2.25 bits per heavy atom. The van der Waals surface area contributed by atoms with E-state index in [1.165, 1.54) is 25.4 Å². The number of halogens is 2. The van der Waals surface area contributed by atoms with E-state index < -0.39 is 17.3 Å². The van der Waals surface area contributed by atoms with Crippen LogP contribution in [-0.2, 0) is 0 Å². The summed E-state index contributed by atoms with van der Waals surface area (Å²) in [5.41, 5.74) is -0.410. The largest absolute Gasteiger partial charge is 0.478 e. The molecule has 0 saturated carbocycles. The van der Waals surface area contributed by atoms with Crippen LogP contribution in [0.1, 0.15) is 10.4 Å². The van der Waals surface area contributed by atoms with Gasteiger partial charge in [-0.3, -0.25) is 0 Å². The van der Waals surface area contributed by atoms with Crippen LogP contribution in [0.5, 0.6) is 6.01 Å². The first-order chi connectivity index (χ1) is 9.51. The van der Waals surface area contributed by atoms with Crippen molar-refractivity contribution in [2.45, 2.75) is 9.92 Å². The molecule has 0 unspecified atom stereocenters. The van der Waals surface area contributed by atoms with Gasteiger partial charge in [0.05, 0.1) is 23.9 Å². The summed E-state index contributed by atoms with van der Waals surface area (Å²) in [6.07, 6.45) is 1.37. The molecule has 0 aliphatic carbocycles. The second-order valence-electron chi connectivity index (χ2n) is 3.56. The summed E-state index contributed by atoms with van der Waals surface area (Å²) in [5, 5.41) is 9.55. The van der Waals surface area contributed by atoms with E-state index in [0.29, 0.717) is 9.92 Å². The molecule has 0 atom stereocenters. The molecule has 0 fully saturated rings. The predicted molar refractivity (Wildman–Crippen MR) is 71.1 cm³/mol. The summed E-state index contributed by atoms with van der Waals surface area (Å²) in [6, 6.07) is 3.88. The van der Waals surface area contributed by atoms with Crippen LogP contribution in [-0.4, -0.2) is 28.2 Å². The number of hydrogen-bond acceptors (Lipinski definition) is 5. The molecule has 1 N–H and O–H groups in total. The van der Waals surface area contributed by atoms with Crippen molar-refractivity contribution < 1.29 is 19.0 Å². The molecule has 0 bridgehead atoms. The molecule has 5 nitrogen and oxygen atoms in total. The molecule has 8 heteroatoms. The van der Waals surface area contributed by atoms with Gasteiger partial charge in [-0.25, -0.2) is 14.2 Å². The number of benzene rings is 1. The molecular weight excluding hydrogens is 307 g/mol. The third-order valence-corrected chi connectivity index (χ3v) is 3.64. The highest BCUT2D eigenvalue weighted by Gasteiger charge is 2.13.